The first-order valence-corrected chi connectivity index (χ1v) is 11.3. The first-order valence-electron chi connectivity index (χ1n) is 11.3. The topological polar surface area (TPSA) is 48.1 Å². The van der Waals surface area contributed by atoms with E-state index in [1.807, 2.05) is 25.1 Å². The van der Waals surface area contributed by atoms with Crippen molar-refractivity contribution in [1.29, 1.82) is 0 Å². The maximum atomic E-state index is 13.9. The Bertz CT molecular complexity index is 982. The number of hydrogen-bond acceptors (Lipinski definition) is 4. The van der Waals surface area contributed by atoms with Gasteiger partial charge < -0.3 is 19.9 Å². The molecule has 0 unspecified atom stereocenters. The molecule has 2 aromatic carbocycles. The molecule has 5 rings (SSSR count). The molecule has 7 heteroatoms. The number of carbonyl (C=O) groups is 1. The molecule has 3 aliphatic rings. The first-order chi connectivity index (χ1) is 15.4. The lowest BCUT2D eigenvalue weighted by Crippen LogP contribution is -2.66. The second-order valence-electron chi connectivity index (χ2n) is 9.62. The van der Waals surface area contributed by atoms with Gasteiger partial charge in [-0.2, -0.15) is 0 Å². The molecule has 2 aliphatic heterocycles. The number of urea groups is 1. The van der Waals surface area contributed by atoms with Crippen molar-refractivity contribution >= 4 is 11.7 Å². The smallest absolute Gasteiger partial charge is 0.318 e. The van der Waals surface area contributed by atoms with E-state index in [1.165, 1.54) is 11.8 Å². The van der Waals surface area contributed by atoms with Gasteiger partial charge in [0, 0.05) is 31.9 Å². The number of nitrogens with one attached hydrogen (secondary N) is 1. The lowest BCUT2D eigenvalue weighted by Gasteiger charge is -2.57. The normalized spacial score (nSPS) is 27.7. The number of benzene rings is 2. The average molecular weight is 439 g/mol. The fourth-order valence-electron chi connectivity index (χ4n) is 5.59. The Hall–Kier alpha value is -2.64. The number of halogens is 1. The van der Waals surface area contributed by atoms with E-state index in [1.54, 1.807) is 12.1 Å². The molecule has 2 aromatic rings. The fraction of sp³-hybridized carbons (Fsp3) is 0.480. The summed E-state index contributed by atoms with van der Waals surface area (Å²) in [6.07, 6.45) is 1.54. The molecule has 170 valence electrons. The van der Waals surface area contributed by atoms with Crippen LogP contribution in [0.3, 0.4) is 0 Å². The third-order valence-corrected chi connectivity index (χ3v) is 7.32. The summed E-state index contributed by atoms with van der Waals surface area (Å²) in [6, 6.07) is 15.3. The van der Waals surface area contributed by atoms with Gasteiger partial charge in [-0.25, -0.2) is 9.18 Å². The van der Waals surface area contributed by atoms with Crippen LogP contribution in [0.15, 0.2) is 48.5 Å². The van der Waals surface area contributed by atoms with Crippen LogP contribution in [0.5, 0.6) is 0 Å². The molecular formula is C25H31FN4O2. The van der Waals surface area contributed by atoms with Crippen molar-refractivity contribution < 1.29 is 13.9 Å². The highest BCUT2D eigenvalue weighted by atomic mass is 19.1. The van der Waals surface area contributed by atoms with Crippen LogP contribution >= 0.6 is 0 Å². The Labute approximate surface area is 188 Å². The fourth-order valence-corrected chi connectivity index (χ4v) is 5.59. The van der Waals surface area contributed by atoms with Crippen molar-refractivity contribution in [3.63, 3.8) is 0 Å². The number of amides is 2. The number of nitrogens with zero attached hydrogens (tertiary/aromatic N) is 3. The average Bonchev–Trinajstić information content (AvgIpc) is 3.09. The minimum absolute atomic E-state index is 0.0196. The van der Waals surface area contributed by atoms with Crippen LogP contribution in [-0.4, -0.2) is 68.3 Å². The molecule has 2 heterocycles. The molecule has 1 N–H and O–H groups in total. The van der Waals surface area contributed by atoms with E-state index in [4.69, 9.17) is 4.74 Å². The Balaban J connectivity index is 1.26. The molecule has 0 radical (unpaired) electrons. The van der Waals surface area contributed by atoms with Crippen molar-refractivity contribution in [2.24, 2.45) is 0 Å². The van der Waals surface area contributed by atoms with Crippen LogP contribution < -0.4 is 10.2 Å². The van der Waals surface area contributed by atoms with Crippen molar-refractivity contribution in [3.8, 4) is 0 Å². The van der Waals surface area contributed by atoms with Gasteiger partial charge in [0.05, 0.1) is 24.3 Å². The highest BCUT2D eigenvalue weighted by Gasteiger charge is 2.60. The summed E-state index contributed by atoms with van der Waals surface area (Å²) in [5, 5.41) is 3.24. The molecule has 2 amide bonds. The van der Waals surface area contributed by atoms with Crippen molar-refractivity contribution in [2.45, 2.75) is 30.5 Å². The second-order valence-corrected chi connectivity index (χ2v) is 9.62. The molecule has 0 atom stereocenters. The third kappa shape index (κ3) is 3.73. The summed E-state index contributed by atoms with van der Waals surface area (Å²) in [5.41, 5.74) is 2.77. The third-order valence-electron chi connectivity index (χ3n) is 7.32. The monoisotopic (exact) mass is 438 g/mol. The summed E-state index contributed by atoms with van der Waals surface area (Å²) < 4.78 is 19.3. The van der Waals surface area contributed by atoms with E-state index >= 15 is 0 Å². The maximum Gasteiger partial charge on any atom is 0.318 e. The van der Waals surface area contributed by atoms with E-state index in [2.05, 4.69) is 39.4 Å². The zero-order valence-corrected chi connectivity index (χ0v) is 18.8. The van der Waals surface area contributed by atoms with E-state index < -0.39 is 0 Å². The quantitative estimate of drug-likeness (QED) is 0.779. The highest BCUT2D eigenvalue weighted by Crippen LogP contribution is 2.53. The van der Waals surface area contributed by atoms with Gasteiger partial charge in [-0.1, -0.05) is 24.3 Å². The van der Waals surface area contributed by atoms with Crippen molar-refractivity contribution in [3.05, 3.63) is 65.5 Å². The summed E-state index contributed by atoms with van der Waals surface area (Å²) in [4.78, 5) is 19.2. The molecule has 32 heavy (non-hydrogen) atoms. The van der Waals surface area contributed by atoms with Crippen LogP contribution in [0, 0.1) is 5.82 Å². The molecule has 0 bridgehead atoms. The van der Waals surface area contributed by atoms with Crippen LogP contribution in [0.2, 0.25) is 0 Å². The Morgan fingerprint density at radius 3 is 2.47 bits per heavy atom. The number of ether oxygens (including phenoxy) is 1. The van der Waals surface area contributed by atoms with Crippen molar-refractivity contribution in [2.75, 3.05) is 51.8 Å². The van der Waals surface area contributed by atoms with Crippen LogP contribution in [0.25, 0.3) is 0 Å². The maximum absolute atomic E-state index is 13.9. The summed E-state index contributed by atoms with van der Waals surface area (Å²) in [6.45, 7) is 4.61. The summed E-state index contributed by atoms with van der Waals surface area (Å²) >= 11 is 0. The SMILES string of the molecule is CN(C)[C@]1(c2cccc(F)c2)C[C@@]2(CN(Cc3ccc(N4CCOCC4)cc3)C(=O)N2)C1. The van der Waals surface area contributed by atoms with Gasteiger partial charge in [0.2, 0.25) is 0 Å². The van der Waals surface area contributed by atoms with Gasteiger partial charge in [-0.15, -0.1) is 0 Å². The summed E-state index contributed by atoms with van der Waals surface area (Å²) in [5.74, 6) is -0.220. The zero-order valence-electron chi connectivity index (χ0n) is 18.8. The predicted molar refractivity (Wildman–Crippen MR) is 122 cm³/mol. The molecular weight excluding hydrogens is 407 g/mol. The van der Waals surface area contributed by atoms with Crippen LogP contribution in [0.4, 0.5) is 14.9 Å². The standard InChI is InChI=1S/C25H31FN4O2/c1-28(2)25(20-4-3-5-21(26)14-20)16-24(17-25)18-30(23(31)27-24)15-19-6-8-22(9-7-19)29-10-12-32-13-11-29/h3-9,14H,10-13,15-18H2,1-2H3,(H,27,31)/t24-,25+. The lowest BCUT2D eigenvalue weighted by molar-refractivity contribution is -0.0233. The molecule has 3 fully saturated rings. The molecule has 0 aromatic heterocycles. The highest BCUT2D eigenvalue weighted by molar-refractivity contribution is 5.78. The van der Waals surface area contributed by atoms with Crippen LogP contribution in [-0.2, 0) is 16.8 Å². The van der Waals surface area contributed by atoms with Gasteiger partial charge in [0.25, 0.3) is 0 Å². The Morgan fingerprint density at radius 1 is 1.09 bits per heavy atom. The minimum atomic E-state index is -0.262. The number of hydrogen-bond donors (Lipinski definition) is 1. The zero-order chi connectivity index (χ0) is 22.3. The van der Waals surface area contributed by atoms with Crippen molar-refractivity contribution in [1.82, 2.24) is 15.1 Å². The molecule has 1 spiro atoms. The van der Waals surface area contributed by atoms with Gasteiger partial charge in [-0.3, -0.25) is 4.90 Å². The summed E-state index contributed by atoms with van der Waals surface area (Å²) in [7, 11) is 4.06. The van der Waals surface area contributed by atoms with E-state index in [0.717, 1.165) is 50.3 Å². The van der Waals surface area contributed by atoms with E-state index in [0.29, 0.717) is 13.1 Å². The Kier molecular flexibility index (Phi) is 5.34. The van der Waals surface area contributed by atoms with E-state index in [-0.39, 0.29) is 22.9 Å². The van der Waals surface area contributed by atoms with Crippen LogP contribution in [0.1, 0.15) is 24.0 Å². The number of anilines is 1. The number of carbonyl (C=O) groups excluding carboxylic acids is 1. The minimum Gasteiger partial charge on any atom is -0.378 e. The van der Waals surface area contributed by atoms with E-state index in [9.17, 15) is 9.18 Å². The predicted octanol–water partition coefficient (Wildman–Crippen LogP) is 3.18. The largest absolute Gasteiger partial charge is 0.378 e. The van der Waals surface area contributed by atoms with Gasteiger partial charge in [0.15, 0.2) is 0 Å². The second kappa shape index (κ2) is 8.05. The molecule has 1 aliphatic carbocycles. The van der Waals surface area contributed by atoms with Gasteiger partial charge in [0.1, 0.15) is 5.82 Å². The lowest BCUT2D eigenvalue weighted by atomic mass is 9.59. The molecule has 2 saturated heterocycles. The first kappa shape index (κ1) is 21.2. The molecule has 1 saturated carbocycles. The Morgan fingerprint density at radius 2 is 1.81 bits per heavy atom. The number of rotatable bonds is 5. The molecule has 6 nitrogen and oxygen atoms in total. The van der Waals surface area contributed by atoms with Gasteiger partial charge in [-0.05, 0) is 62.3 Å². The number of morpholine rings is 1. The van der Waals surface area contributed by atoms with Gasteiger partial charge >= 0.3 is 6.03 Å².